The topological polar surface area (TPSA) is 41.5 Å². The van der Waals surface area contributed by atoms with E-state index in [1.54, 1.807) is 18.4 Å². The molecule has 0 bridgehead atoms. The van der Waals surface area contributed by atoms with Crippen molar-refractivity contribution in [1.29, 1.82) is 0 Å². The normalized spacial score (nSPS) is 14.0. The molecule has 1 aromatic heterocycles. The summed E-state index contributed by atoms with van der Waals surface area (Å²) < 4.78 is 5.25. The summed E-state index contributed by atoms with van der Waals surface area (Å²) in [6.07, 6.45) is 0.678. The first-order valence-corrected chi connectivity index (χ1v) is 8.02. The van der Waals surface area contributed by atoms with Gasteiger partial charge >= 0.3 is 0 Å². The predicted octanol–water partition coefficient (Wildman–Crippen LogP) is 3.29. The quantitative estimate of drug-likeness (QED) is 0.786. The molecule has 0 aliphatic carbocycles. The Morgan fingerprint density at radius 1 is 1.24 bits per heavy atom. The Morgan fingerprint density at radius 2 is 2.00 bits per heavy atom. The van der Waals surface area contributed by atoms with Gasteiger partial charge in [0.05, 0.1) is 6.61 Å². The molecule has 21 heavy (non-hydrogen) atoms. The largest absolute Gasteiger partial charge is 0.396 e. The van der Waals surface area contributed by atoms with Crippen LogP contribution in [0.2, 0.25) is 0 Å². The summed E-state index contributed by atoms with van der Waals surface area (Å²) in [5, 5.41) is 14.9. The maximum Gasteiger partial charge on any atom is 0.0642 e. The van der Waals surface area contributed by atoms with Crippen LogP contribution in [-0.2, 0) is 11.3 Å². The molecule has 2 N–H and O–H groups in total. The van der Waals surface area contributed by atoms with Crippen LogP contribution in [0, 0.1) is 0 Å². The fourth-order valence-corrected chi connectivity index (χ4v) is 3.17. The lowest BCUT2D eigenvalue weighted by atomic mass is 9.99. The SMILES string of the molecule is COCC(C)(CCO)NCc1cc(-c2ccccc2)cs1. The van der Waals surface area contributed by atoms with Crippen LogP contribution in [-0.4, -0.2) is 31.0 Å². The zero-order chi connectivity index (χ0) is 15.1. The second-order valence-corrected chi connectivity index (χ2v) is 6.48. The second kappa shape index (κ2) is 7.71. The van der Waals surface area contributed by atoms with E-state index < -0.39 is 0 Å². The van der Waals surface area contributed by atoms with Crippen LogP contribution in [0.1, 0.15) is 18.2 Å². The molecule has 0 aliphatic heterocycles. The fraction of sp³-hybridized carbons (Fsp3) is 0.412. The van der Waals surface area contributed by atoms with Crippen LogP contribution in [0.4, 0.5) is 0 Å². The van der Waals surface area contributed by atoms with Gasteiger partial charge in [0.25, 0.3) is 0 Å². The molecule has 4 heteroatoms. The zero-order valence-electron chi connectivity index (χ0n) is 12.6. The summed E-state index contributed by atoms with van der Waals surface area (Å²) in [6, 6.07) is 12.6. The van der Waals surface area contributed by atoms with Gasteiger partial charge in [0.1, 0.15) is 0 Å². The molecule has 2 rings (SSSR count). The molecule has 1 atom stereocenters. The minimum absolute atomic E-state index is 0.159. The Labute approximate surface area is 130 Å². The minimum atomic E-state index is -0.194. The van der Waals surface area contributed by atoms with Gasteiger partial charge in [-0.2, -0.15) is 0 Å². The van der Waals surface area contributed by atoms with Gasteiger partial charge in [0.15, 0.2) is 0 Å². The monoisotopic (exact) mass is 305 g/mol. The molecule has 0 saturated carbocycles. The standard InChI is InChI=1S/C17H23NO2S/c1-17(8-9-19,13-20-2)18-11-16-10-15(12-21-16)14-6-4-3-5-7-14/h3-7,10,12,18-19H,8-9,11,13H2,1-2H3. The molecule has 1 heterocycles. The molecule has 0 saturated heterocycles. The molecule has 1 unspecified atom stereocenters. The summed E-state index contributed by atoms with van der Waals surface area (Å²) in [7, 11) is 1.69. The van der Waals surface area contributed by atoms with E-state index in [-0.39, 0.29) is 12.1 Å². The number of aliphatic hydroxyl groups is 1. The van der Waals surface area contributed by atoms with Crippen molar-refractivity contribution in [2.24, 2.45) is 0 Å². The summed E-state index contributed by atoms with van der Waals surface area (Å²) in [4.78, 5) is 1.29. The van der Waals surface area contributed by atoms with Crippen molar-refractivity contribution in [3.8, 4) is 11.1 Å². The van der Waals surface area contributed by atoms with Crippen molar-refractivity contribution < 1.29 is 9.84 Å². The number of thiophene rings is 1. The zero-order valence-corrected chi connectivity index (χ0v) is 13.5. The van der Waals surface area contributed by atoms with Crippen LogP contribution in [0.25, 0.3) is 11.1 Å². The van der Waals surface area contributed by atoms with Crippen molar-refractivity contribution in [1.82, 2.24) is 5.32 Å². The summed E-state index contributed by atoms with van der Waals surface area (Å²) in [6.45, 7) is 3.62. The lowest BCUT2D eigenvalue weighted by Gasteiger charge is -2.29. The van der Waals surface area contributed by atoms with E-state index in [2.05, 4.69) is 48.0 Å². The van der Waals surface area contributed by atoms with E-state index in [0.29, 0.717) is 13.0 Å². The van der Waals surface area contributed by atoms with Gasteiger partial charge in [-0.25, -0.2) is 0 Å². The van der Waals surface area contributed by atoms with Gasteiger partial charge < -0.3 is 15.2 Å². The summed E-state index contributed by atoms with van der Waals surface area (Å²) in [5.41, 5.74) is 2.31. The average molecular weight is 305 g/mol. The second-order valence-electron chi connectivity index (χ2n) is 5.49. The van der Waals surface area contributed by atoms with Gasteiger partial charge in [-0.1, -0.05) is 30.3 Å². The average Bonchev–Trinajstić information content (AvgIpc) is 2.96. The van der Waals surface area contributed by atoms with Crippen LogP contribution < -0.4 is 5.32 Å². The van der Waals surface area contributed by atoms with E-state index in [1.165, 1.54) is 16.0 Å². The Bertz CT molecular complexity index is 533. The number of hydrogen-bond acceptors (Lipinski definition) is 4. The third kappa shape index (κ3) is 4.64. The highest BCUT2D eigenvalue weighted by molar-refractivity contribution is 7.10. The fourth-order valence-electron chi connectivity index (χ4n) is 2.33. The summed E-state index contributed by atoms with van der Waals surface area (Å²) in [5.74, 6) is 0. The van der Waals surface area contributed by atoms with Crippen LogP contribution in [0.5, 0.6) is 0 Å². The minimum Gasteiger partial charge on any atom is -0.396 e. The molecule has 0 radical (unpaired) electrons. The van der Waals surface area contributed by atoms with E-state index in [0.717, 1.165) is 6.54 Å². The van der Waals surface area contributed by atoms with E-state index in [9.17, 15) is 5.11 Å². The van der Waals surface area contributed by atoms with Gasteiger partial charge in [-0.15, -0.1) is 11.3 Å². The van der Waals surface area contributed by atoms with Crippen molar-refractivity contribution in [3.63, 3.8) is 0 Å². The number of hydrogen-bond donors (Lipinski definition) is 2. The Kier molecular flexibility index (Phi) is 5.94. The smallest absolute Gasteiger partial charge is 0.0642 e. The highest BCUT2D eigenvalue weighted by atomic mass is 32.1. The number of methoxy groups -OCH3 is 1. The predicted molar refractivity (Wildman–Crippen MR) is 88.6 cm³/mol. The molecule has 114 valence electrons. The summed E-state index contributed by atoms with van der Waals surface area (Å²) >= 11 is 1.76. The van der Waals surface area contributed by atoms with Crippen molar-refractivity contribution in [3.05, 3.63) is 46.7 Å². The van der Waals surface area contributed by atoms with Gasteiger partial charge in [-0.3, -0.25) is 0 Å². The highest BCUT2D eigenvalue weighted by Crippen LogP contribution is 2.25. The Morgan fingerprint density at radius 3 is 2.67 bits per heavy atom. The molecule has 1 aromatic carbocycles. The van der Waals surface area contributed by atoms with Crippen LogP contribution >= 0.6 is 11.3 Å². The molecular formula is C17H23NO2S. The molecular weight excluding hydrogens is 282 g/mol. The maximum atomic E-state index is 9.19. The van der Waals surface area contributed by atoms with Crippen molar-refractivity contribution >= 4 is 11.3 Å². The maximum absolute atomic E-state index is 9.19. The van der Waals surface area contributed by atoms with Crippen LogP contribution in [0.15, 0.2) is 41.8 Å². The lowest BCUT2D eigenvalue weighted by Crippen LogP contribution is -2.46. The molecule has 0 aliphatic rings. The molecule has 0 fully saturated rings. The molecule has 3 nitrogen and oxygen atoms in total. The molecule has 0 spiro atoms. The van der Waals surface area contributed by atoms with E-state index >= 15 is 0 Å². The number of benzene rings is 1. The van der Waals surface area contributed by atoms with Gasteiger partial charge in [-0.05, 0) is 35.9 Å². The number of ether oxygens (including phenoxy) is 1. The van der Waals surface area contributed by atoms with Gasteiger partial charge in [0.2, 0.25) is 0 Å². The first kappa shape index (κ1) is 16.2. The Balaban J connectivity index is 1.99. The lowest BCUT2D eigenvalue weighted by molar-refractivity contribution is 0.0971. The molecule has 2 aromatic rings. The molecule has 0 amide bonds. The number of nitrogens with one attached hydrogen (secondary N) is 1. The number of aliphatic hydroxyl groups excluding tert-OH is 1. The number of rotatable bonds is 8. The van der Waals surface area contributed by atoms with Crippen molar-refractivity contribution in [2.45, 2.75) is 25.4 Å². The van der Waals surface area contributed by atoms with Crippen molar-refractivity contribution in [2.75, 3.05) is 20.3 Å². The Hall–Kier alpha value is -1.20. The van der Waals surface area contributed by atoms with Crippen LogP contribution in [0.3, 0.4) is 0 Å². The third-order valence-corrected chi connectivity index (χ3v) is 4.51. The van der Waals surface area contributed by atoms with E-state index in [1.807, 2.05) is 6.07 Å². The highest BCUT2D eigenvalue weighted by Gasteiger charge is 2.23. The first-order chi connectivity index (χ1) is 10.2. The third-order valence-electron chi connectivity index (χ3n) is 3.58. The van der Waals surface area contributed by atoms with Gasteiger partial charge in [0, 0.05) is 30.7 Å². The first-order valence-electron chi connectivity index (χ1n) is 7.14. The van der Waals surface area contributed by atoms with E-state index in [4.69, 9.17) is 4.74 Å².